The second kappa shape index (κ2) is 5.05. The van der Waals surface area contributed by atoms with E-state index in [9.17, 15) is 4.79 Å². The van der Waals surface area contributed by atoms with E-state index in [1.165, 1.54) is 10.7 Å². The molecule has 5 nitrogen and oxygen atoms in total. The lowest BCUT2D eigenvalue weighted by Crippen LogP contribution is -1.99. The first kappa shape index (κ1) is 12.8. The van der Waals surface area contributed by atoms with Crippen molar-refractivity contribution in [1.82, 2.24) is 14.6 Å². The van der Waals surface area contributed by atoms with Gasteiger partial charge in [0.25, 0.3) is 0 Å². The molecular weight excluding hydrogens is 322 g/mol. The summed E-state index contributed by atoms with van der Waals surface area (Å²) in [5.74, 6) is -1.02. The number of aromatic nitrogens is 3. The Hall–Kier alpha value is -2.21. The predicted molar refractivity (Wildman–Crippen MR) is 76.9 cm³/mol. The third-order valence-corrected chi connectivity index (χ3v) is 3.49. The van der Waals surface area contributed by atoms with E-state index in [4.69, 9.17) is 5.11 Å². The minimum Gasteiger partial charge on any atom is -0.477 e. The molecule has 0 amide bonds. The van der Waals surface area contributed by atoms with Crippen LogP contribution in [0.1, 0.15) is 21.5 Å². The minimum absolute atomic E-state index is 0.111. The third-order valence-electron chi connectivity index (χ3n) is 2.96. The molecule has 0 saturated heterocycles. The van der Waals surface area contributed by atoms with Crippen molar-refractivity contribution >= 4 is 27.5 Å². The number of rotatable bonds is 3. The molecule has 0 aliphatic rings. The first-order valence-electron chi connectivity index (χ1n) is 5.93. The van der Waals surface area contributed by atoms with Gasteiger partial charge in [0.15, 0.2) is 5.65 Å². The van der Waals surface area contributed by atoms with Crippen LogP contribution in [0.3, 0.4) is 0 Å². The summed E-state index contributed by atoms with van der Waals surface area (Å²) in [6.45, 7) is 0. The van der Waals surface area contributed by atoms with Crippen LogP contribution in [-0.2, 0) is 6.42 Å². The van der Waals surface area contributed by atoms with Crippen LogP contribution in [-0.4, -0.2) is 25.7 Å². The Balaban J connectivity index is 1.93. The number of nitrogens with zero attached hydrogens (tertiary/aromatic N) is 3. The summed E-state index contributed by atoms with van der Waals surface area (Å²) in [7, 11) is 0. The third kappa shape index (κ3) is 2.42. The molecule has 0 aliphatic heterocycles. The van der Waals surface area contributed by atoms with Gasteiger partial charge >= 0.3 is 5.97 Å². The molecule has 0 bridgehead atoms. The normalized spacial score (nSPS) is 10.8. The quantitative estimate of drug-likeness (QED) is 0.801. The van der Waals surface area contributed by atoms with Crippen LogP contribution in [0.15, 0.2) is 47.3 Å². The molecule has 0 saturated carbocycles. The van der Waals surface area contributed by atoms with Crippen molar-refractivity contribution in [2.45, 2.75) is 6.42 Å². The number of benzene rings is 1. The van der Waals surface area contributed by atoms with Crippen LogP contribution in [0.25, 0.3) is 5.65 Å². The number of carboxylic acids is 1. The van der Waals surface area contributed by atoms with Gasteiger partial charge in [-0.05, 0) is 23.3 Å². The largest absolute Gasteiger partial charge is 0.477 e. The number of hydrogen-bond donors (Lipinski definition) is 1. The van der Waals surface area contributed by atoms with Gasteiger partial charge in [-0.25, -0.2) is 14.3 Å². The molecule has 2 heterocycles. The topological polar surface area (TPSA) is 67.5 Å². The maximum absolute atomic E-state index is 11.0. The van der Waals surface area contributed by atoms with E-state index in [2.05, 4.69) is 26.0 Å². The van der Waals surface area contributed by atoms with E-state index in [0.717, 1.165) is 22.0 Å². The first-order chi connectivity index (χ1) is 9.63. The first-order valence-corrected chi connectivity index (χ1v) is 6.73. The summed E-state index contributed by atoms with van der Waals surface area (Å²) in [6, 6.07) is 8.02. The molecule has 1 N–H and O–H groups in total. The monoisotopic (exact) mass is 331 g/mol. The van der Waals surface area contributed by atoms with Gasteiger partial charge in [0.05, 0.1) is 6.20 Å². The zero-order chi connectivity index (χ0) is 14.1. The van der Waals surface area contributed by atoms with Crippen molar-refractivity contribution in [1.29, 1.82) is 0 Å². The van der Waals surface area contributed by atoms with Gasteiger partial charge in [0.1, 0.15) is 5.56 Å². The Morgan fingerprint density at radius 1 is 1.20 bits per heavy atom. The lowest BCUT2D eigenvalue weighted by molar-refractivity contribution is 0.0698. The number of fused-ring (bicyclic) bond motifs is 1. The average Bonchev–Trinajstić information content (AvgIpc) is 2.84. The van der Waals surface area contributed by atoms with Crippen molar-refractivity contribution in [2.75, 3.05) is 0 Å². The Morgan fingerprint density at radius 2 is 1.95 bits per heavy atom. The fourth-order valence-electron chi connectivity index (χ4n) is 1.99. The lowest BCUT2D eigenvalue weighted by Gasteiger charge is -2.03. The summed E-state index contributed by atoms with van der Waals surface area (Å²) < 4.78 is 2.53. The zero-order valence-corrected chi connectivity index (χ0v) is 11.9. The average molecular weight is 332 g/mol. The maximum atomic E-state index is 11.0. The van der Waals surface area contributed by atoms with Crippen LogP contribution in [0.5, 0.6) is 0 Å². The molecule has 0 unspecified atom stereocenters. The molecule has 0 fully saturated rings. The molecule has 0 atom stereocenters. The number of carbonyl (C=O) groups is 1. The molecule has 0 radical (unpaired) electrons. The van der Waals surface area contributed by atoms with Gasteiger partial charge in [-0.1, -0.05) is 28.1 Å². The fourth-order valence-corrected chi connectivity index (χ4v) is 2.26. The van der Waals surface area contributed by atoms with E-state index in [0.29, 0.717) is 5.65 Å². The van der Waals surface area contributed by atoms with Crippen LogP contribution in [0.4, 0.5) is 0 Å². The summed E-state index contributed by atoms with van der Waals surface area (Å²) in [5, 5.41) is 13.0. The van der Waals surface area contributed by atoms with Crippen LogP contribution < -0.4 is 0 Å². The molecule has 100 valence electrons. The Labute approximate surface area is 123 Å². The van der Waals surface area contributed by atoms with Crippen LogP contribution in [0, 0.1) is 0 Å². The second-order valence-corrected chi connectivity index (χ2v) is 5.31. The molecule has 6 heteroatoms. The van der Waals surface area contributed by atoms with Gasteiger partial charge in [-0.15, -0.1) is 0 Å². The number of hydrogen-bond acceptors (Lipinski definition) is 3. The van der Waals surface area contributed by atoms with Crippen molar-refractivity contribution in [3.63, 3.8) is 0 Å². The molecule has 3 rings (SSSR count). The summed E-state index contributed by atoms with van der Waals surface area (Å²) in [5.41, 5.74) is 2.59. The van der Waals surface area contributed by atoms with Gasteiger partial charge in [-0.3, -0.25) is 0 Å². The van der Waals surface area contributed by atoms with Crippen LogP contribution >= 0.6 is 15.9 Å². The summed E-state index contributed by atoms with van der Waals surface area (Å²) >= 11 is 3.40. The Kier molecular flexibility index (Phi) is 3.23. The van der Waals surface area contributed by atoms with E-state index < -0.39 is 5.97 Å². The molecule has 0 aliphatic carbocycles. The molecule has 0 spiro atoms. The molecule has 3 aromatic rings. The van der Waals surface area contributed by atoms with Crippen molar-refractivity contribution in [3.8, 4) is 0 Å². The SMILES string of the molecule is O=C(O)c1cnn2cc(Cc3ccc(Br)cc3)cnc12. The standard InChI is InChI=1S/C14H10BrN3O2/c15-11-3-1-9(2-4-11)5-10-6-16-13-12(14(19)20)7-17-18(13)8-10/h1-4,6-8H,5H2,(H,19,20). The van der Waals surface area contributed by atoms with Gasteiger partial charge < -0.3 is 5.11 Å². The predicted octanol–water partition coefficient (Wildman–Crippen LogP) is 2.78. The fraction of sp³-hybridized carbons (Fsp3) is 0.0714. The zero-order valence-electron chi connectivity index (χ0n) is 10.3. The van der Waals surface area contributed by atoms with Crippen LogP contribution in [0.2, 0.25) is 0 Å². The molecule has 2 aromatic heterocycles. The Bertz CT molecular complexity index is 781. The highest BCUT2D eigenvalue weighted by atomic mass is 79.9. The van der Waals surface area contributed by atoms with Gasteiger partial charge in [0, 0.05) is 23.3 Å². The number of halogens is 1. The maximum Gasteiger partial charge on any atom is 0.341 e. The second-order valence-electron chi connectivity index (χ2n) is 4.40. The highest BCUT2D eigenvalue weighted by molar-refractivity contribution is 9.10. The lowest BCUT2D eigenvalue weighted by atomic mass is 10.1. The van der Waals surface area contributed by atoms with Gasteiger partial charge in [0.2, 0.25) is 0 Å². The van der Waals surface area contributed by atoms with E-state index in [1.54, 1.807) is 12.4 Å². The van der Waals surface area contributed by atoms with E-state index in [-0.39, 0.29) is 5.56 Å². The Morgan fingerprint density at radius 3 is 2.65 bits per heavy atom. The molecule has 1 aromatic carbocycles. The minimum atomic E-state index is -1.02. The molecular formula is C14H10BrN3O2. The summed E-state index contributed by atoms with van der Waals surface area (Å²) in [4.78, 5) is 15.2. The van der Waals surface area contributed by atoms with E-state index in [1.807, 2.05) is 24.3 Å². The van der Waals surface area contributed by atoms with Crippen molar-refractivity contribution in [2.24, 2.45) is 0 Å². The number of carboxylic acid groups (broad SMARTS) is 1. The molecule has 20 heavy (non-hydrogen) atoms. The van der Waals surface area contributed by atoms with Crippen molar-refractivity contribution < 1.29 is 9.90 Å². The van der Waals surface area contributed by atoms with E-state index >= 15 is 0 Å². The summed E-state index contributed by atoms with van der Waals surface area (Å²) in [6.07, 6.45) is 5.52. The highest BCUT2D eigenvalue weighted by Crippen LogP contribution is 2.15. The van der Waals surface area contributed by atoms with Gasteiger partial charge in [-0.2, -0.15) is 5.10 Å². The highest BCUT2D eigenvalue weighted by Gasteiger charge is 2.12. The number of aromatic carboxylic acids is 1. The van der Waals surface area contributed by atoms with Crippen molar-refractivity contribution in [3.05, 3.63) is 64.0 Å². The smallest absolute Gasteiger partial charge is 0.341 e.